The van der Waals surface area contributed by atoms with Gasteiger partial charge in [0.05, 0.1) is 17.1 Å². The lowest BCUT2D eigenvalue weighted by Crippen LogP contribution is -1.89. The molecule has 4 nitrogen and oxygen atoms in total. The molecule has 2 heterocycles. The molecule has 2 aromatic rings. The van der Waals surface area contributed by atoms with Gasteiger partial charge in [-0.3, -0.25) is 9.67 Å². The maximum atomic E-state index is 8.82. The van der Waals surface area contributed by atoms with Crippen molar-refractivity contribution in [3.8, 4) is 6.07 Å². The summed E-state index contributed by atoms with van der Waals surface area (Å²) in [6.45, 7) is 0. The van der Waals surface area contributed by atoms with Crippen molar-refractivity contribution in [1.82, 2.24) is 14.8 Å². The highest BCUT2D eigenvalue weighted by Crippen LogP contribution is 2.21. The Morgan fingerprint density at radius 3 is 3.00 bits per heavy atom. The second kappa shape index (κ2) is 2.96. The number of rotatable bonds is 0. The van der Waals surface area contributed by atoms with E-state index in [0.717, 1.165) is 14.5 Å². The van der Waals surface area contributed by atoms with E-state index in [2.05, 4.69) is 38.7 Å². The third kappa shape index (κ3) is 1.18. The van der Waals surface area contributed by atoms with Crippen molar-refractivity contribution < 1.29 is 0 Å². The Labute approximate surface area is 88.3 Å². The third-order valence-corrected chi connectivity index (χ3v) is 2.64. The van der Waals surface area contributed by atoms with Crippen LogP contribution >= 0.6 is 22.6 Å². The number of nitriles is 1. The van der Waals surface area contributed by atoms with Crippen LogP contribution in [0.15, 0.2) is 12.4 Å². The molecule has 0 aromatic carbocycles. The molecule has 0 N–H and O–H groups in total. The Morgan fingerprint density at radius 1 is 1.54 bits per heavy atom. The zero-order chi connectivity index (χ0) is 9.42. The van der Waals surface area contributed by atoms with E-state index in [1.165, 1.54) is 0 Å². The summed E-state index contributed by atoms with van der Waals surface area (Å²) in [7, 11) is 1.81. The monoisotopic (exact) mass is 284 g/mol. The molecular weight excluding hydrogens is 279 g/mol. The van der Waals surface area contributed by atoms with Crippen molar-refractivity contribution in [3.05, 3.63) is 21.7 Å². The van der Waals surface area contributed by atoms with Gasteiger partial charge in [0.15, 0.2) is 5.69 Å². The maximum Gasteiger partial charge on any atom is 0.171 e. The van der Waals surface area contributed by atoms with Crippen LogP contribution < -0.4 is 0 Å². The second-order valence-corrected chi connectivity index (χ2v) is 3.76. The van der Waals surface area contributed by atoms with E-state index >= 15 is 0 Å². The molecule has 0 radical (unpaired) electrons. The molecule has 0 aliphatic rings. The molecule has 2 aromatic heterocycles. The van der Waals surface area contributed by atoms with Crippen LogP contribution in [0.5, 0.6) is 0 Å². The van der Waals surface area contributed by atoms with Crippen LogP contribution in [0.4, 0.5) is 0 Å². The van der Waals surface area contributed by atoms with Crippen LogP contribution in [-0.2, 0) is 7.05 Å². The number of aryl methyl sites for hydroxylation is 1. The lowest BCUT2D eigenvalue weighted by atomic mass is 10.2. The minimum Gasteiger partial charge on any atom is -0.265 e. The molecule has 0 saturated heterocycles. The summed E-state index contributed by atoms with van der Waals surface area (Å²) in [5, 5.41) is 13.8. The smallest absolute Gasteiger partial charge is 0.171 e. The third-order valence-electron chi connectivity index (χ3n) is 1.82. The van der Waals surface area contributed by atoms with Gasteiger partial charge in [0.2, 0.25) is 0 Å². The minimum absolute atomic E-state index is 0.462. The fourth-order valence-corrected chi connectivity index (χ4v) is 1.93. The molecule has 0 bridgehead atoms. The summed E-state index contributed by atoms with van der Waals surface area (Å²) in [5.74, 6) is 0. The van der Waals surface area contributed by atoms with Crippen LogP contribution in [0, 0.1) is 14.9 Å². The predicted octanol–water partition coefficient (Wildman–Crippen LogP) is 1.44. The lowest BCUT2D eigenvalue weighted by molar-refractivity contribution is 0.790. The summed E-state index contributed by atoms with van der Waals surface area (Å²) >= 11 is 2.15. The molecule has 5 heteroatoms. The zero-order valence-electron chi connectivity index (χ0n) is 6.82. The van der Waals surface area contributed by atoms with Gasteiger partial charge in [-0.1, -0.05) is 0 Å². The number of hydrogen-bond donors (Lipinski definition) is 0. The fourth-order valence-electron chi connectivity index (χ4n) is 1.24. The van der Waals surface area contributed by atoms with E-state index in [1.54, 1.807) is 24.1 Å². The van der Waals surface area contributed by atoms with E-state index in [-0.39, 0.29) is 0 Å². The summed E-state index contributed by atoms with van der Waals surface area (Å²) in [6, 6.07) is 2.07. The highest BCUT2D eigenvalue weighted by atomic mass is 127. The standard InChI is InChI=1S/C8H5IN4/c1-13-7-4-11-3-5(9)8(7)6(2-10)12-13/h3-4H,1H3. The molecule has 0 saturated carbocycles. The first-order chi connectivity index (χ1) is 6.24. The van der Waals surface area contributed by atoms with Crippen LogP contribution in [-0.4, -0.2) is 14.8 Å². The van der Waals surface area contributed by atoms with Gasteiger partial charge < -0.3 is 0 Å². The molecule has 13 heavy (non-hydrogen) atoms. The van der Waals surface area contributed by atoms with Gasteiger partial charge in [0.25, 0.3) is 0 Å². The maximum absolute atomic E-state index is 8.82. The van der Waals surface area contributed by atoms with Crippen molar-refractivity contribution in [3.63, 3.8) is 0 Å². The second-order valence-electron chi connectivity index (χ2n) is 2.60. The lowest BCUT2D eigenvalue weighted by Gasteiger charge is -1.93. The van der Waals surface area contributed by atoms with E-state index in [0.29, 0.717) is 5.69 Å². The Bertz CT molecular complexity index is 509. The van der Waals surface area contributed by atoms with Gasteiger partial charge in [-0.25, -0.2) is 0 Å². The first kappa shape index (κ1) is 8.44. The normalized spacial score (nSPS) is 10.2. The van der Waals surface area contributed by atoms with E-state index < -0.39 is 0 Å². The van der Waals surface area contributed by atoms with E-state index in [9.17, 15) is 0 Å². The predicted molar refractivity (Wildman–Crippen MR) is 55.9 cm³/mol. The summed E-state index contributed by atoms with van der Waals surface area (Å²) in [5.41, 5.74) is 1.35. The largest absolute Gasteiger partial charge is 0.265 e. The molecule has 64 valence electrons. The van der Waals surface area contributed by atoms with Gasteiger partial charge >= 0.3 is 0 Å². The van der Waals surface area contributed by atoms with Crippen molar-refractivity contribution in [2.75, 3.05) is 0 Å². The summed E-state index contributed by atoms with van der Waals surface area (Å²) in [4.78, 5) is 4.04. The van der Waals surface area contributed by atoms with Crippen molar-refractivity contribution in [2.24, 2.45) is 7.05 Å². The average molecular weight is 284 g/mol. The van der Waals surface area contributed by atoms with Crippen molar-refractivity contribution in [2.45, 2.75) is 0 Å². The summed E-state index contributed by atoms with van der Waals surface area (Å²) in [6.07, 6.45) is 3.44. The number of fused-ring (bicyclic) bond motifs is 1. The first-order valence-electron chi connectivity index (χ1n) is 3.60. The molecule has 2 rings (SSSR count). The van der Waals surface area contributed by atoms with Gasteiger partial charge in [-0.15, -0.1) is 0 Å². The van der Waals surface area contributed by atoms with Crippen LogP contribution in [0.25, 0.3) is 10.9 Å². The Kier molecular flexibility index (Phi) is 1.92. The number of hydrogen-bond acceptors (Lipinski definition) is 3. The van der Waals surface area contributed by atoms with Gasteiger partial charge in [-0.05, 0) is 22.6 Å². The van der Waals surface area contributed by atoms with E-state index in [1.807, 2.05) is 0 Å². The number of pyridine rings is 1. The molecular formula is C8H5IN4. The fraction of sp³-hybridized carbons (Fsp3) is 0.125. The Balaban J connectivity index is 2.99. The quantitative estimate of drug-likeness (QED) is 0.688. The molecule has 0 fully saturated rings. The van der Waals surface area contributed by atoms with E-state index in [4.69, 9.17) is 5.26 Å². The van der Waals surface area contributed by atoms with Gasteiger partial charge in [0.1, 0.15) is 6.07 Å². The van der Waals surface area contributed by atoms with Gasteiger partial charge in [-0.2, -0.15) is 10.4 Å². The Morgan fingerprint density at radius 2 is 2.31 bits per heavy atom. The highest BCUT2D eigenvalue weighted by Gasteiger charge is 2.10. The molecule has 0 aliphatic carbocycles. The van der Waals surface area contributed by atoms with Crippen LogP contribution in [0.1, 0.15) is 5.69 Å². The van der Waals surface area contributed by atoms with Crippen LogP contribution in [0.3, 0.4) is 0 Å². The molecule has 0 unspecified atom stereocenters. The summed E-state index contributed by atoms with van der Waals surface area (Å²) < 4.78 is 2.63. The number of halogens is 1. The van der Waals surface area contributed by atoms with Crippen molar-refractivity contribution >= 4 is 33.5 Å². The Hall–Kier alpha value is -1.16. The van der Waals surface area contributed by atoms with Crippen LogP contribution in [0.2, 0.25) is 0 Å². The molecule has 0 spiro atoms. The van der Waals surface area contributed by atoms with Crippen molar-refractivity contribution in [1.29, 1.82) is 5.26 Å². The highest BCUT2D eigenvalue weighted by molar-refractivity contribution is 14.1. The van der Waals surface area contributed by atoms with Gasteiger partial charge in [0, 0.05) is 16.8 Å². The SMILES string of the molecule is Cn1nc(C#N)c2c(I)cncc21. The number of aromatic nitrogens is 3. The molecule has 0 amide bonds. The molecule has 0 aliphatic heterocycles. The zero-order valence-corrected chi connectivity index (χ0v) is 8.98. The number of nitrogens with zero attached hydrogens (tertiary/aromatic N) is 4. The topological polar surface area (TPSA) is 54.5 Å². The minimum atomic E-state index is 0.462. The molecule has 0 atom stereocenters. The first-order valence-corrected chi connectivity index (χ1v) is 4.68. The average Bonchev–Trinajstić information content (AvgIpc) is 2.45.